The predicted octanol–water partition coefficient (Wildman–Crippen LogP) is 2.09. The molecule has 0 aliphatic carbocycles. The molecule has 112 valence electrons. The highest BCUT2D eigenvalue weighted by Crippen LogP contribution is 2.36. The van der Waals surface area contributed by atoms with Gasteiger partial charge in [-0.05, 0) is 24.6 Å². The number of ether oxygens (including phenoxy) is 3. The second-order valence-corrected chi connectivity index (χ2v) is 4.54. The van der Waals surface area contributed by atoms with Crippen LogP contribution < -0.4 is 14.8 Å². The average molecular weight is 281 g/mol. The Kier molecular flexibility index (Phi) is 6.90. The maximum Gasteiger partial charge on any atom is 0.200 e. The van der Waals surface area contributed by atoms with Crippen LogP contribution in [0.5, 0.6) is 17.2 Å². The standard InChI is InChI=1S/C15H23NO4/c1-11(2)10-20-6-5-16-9-12-7-13(18-3)15(17)14(8-12)19-4/h7-8,16-17H,1,5-6,9-10H2,2-4H3. The summed E-state index contributed by atoms with van der Waals surface area (Å²) >= 11 is 0. The largest absolute Gasteiger partial charge is 0.502 e. The van der Waals surface area contributed by atoms with Crippen LogP contribution in [0.2, 0.25) is 0 Å². The number of benzene rings is 1. The quantitative estimate of drug-likeness (QED) is 0.536. The van der Waals surface area contributed by atoms with Gasteiger partial charge in [0.25, 0.3) is 0 Å². The van der Waals surface area contributed by atoms with E-state index >= 15 is 0 Å². The van der Waals surface area contributed by atoms with Crippen molar-refractivity contribution >= 4 is 0 Å². The van der Waals surface area contributed by atoms with Gasteiger partial charge in [-0.3, -0.25) is 0 Å². The molecule has 0 aliphatic heterocycles. The van der Waals surface area contributed by atoms with Crippen molar-refractivity contribution in [2.45, 2.75) is 13.5 Å². The van der Waals surface area contributed by atoms with E-state index in [2.05, 4.69) is 11.9 Å². The summed E-state index contributed by atoms with van der Waals surface area (Å²) < 4.78 is 15.6. The highest BCUT2D eigenvalue weighted by molar-refractivity contribution is 5.52. The first-order valence-electron chi connectivity index (χ1n) is 6.45. The molecule has 0 amide bonds. The molecule has 1 aromatic carbocycles. The lowest BCUT2D eigenvalue weighted by atomic mass is 10.2. The van der Waals surface area contributed by atoms with Crippen LogP contribution >= 0.6 is 0 Å². The molecular formula is C15H23NO4. The molecule has 5 heteroatoms. The fraction of sp³-hybridized carbons (Fsp3) is 0.467. The molecule has 0 saturated heterocycles. The molecule has 0 saturated carbocycles. The summed E-state index contributed by atoms with van der Waals surface area (Å²) in [5.41, 5.74) is 1.98. The maximum absolute atomic E-state index is 9.81. The lowest BCUT2D eigenvalue weighted by Crippen LogP contribution is -2.19. The minimum atomic E-state index is 0.0172. The molecule has 0 fully saturated rings. The molecule has 2 N–H and O–H groups in total. The summed E-state index contributed by atoms with van der Waals surface area (Å²) in [4.78, 5) is 0. The van der Waals surface area contributed by atoms with Crippen molar-refractivity contribution < 1.29 is 19.3 Å². The summed E-state index contributed by atoms with van der Waals surface area (Å²) in [6.45, 7) is 8.29. The van der Waals surface area contributed by atoms with Crippen molar-refractivity contribution in [1.82, 2.24) is 5.32 Å². The fourth-order valence-electron chi connectivity index (χ4n) is 1.67. The number of hydrogen-bond donors (Lipinski definition) is 2. The van der Waals surface area contributed by atoms with Gasteiger partial charge < -0.3 is 24.6 Å². The first-order valence-corrected chi connectivity index (χ1v) is 6.45. The van der Waals surface area contributed by atoms with Gasteiger partial charge in [-0.25, -0.2) is 0 Å². The van der Waals surface area contributed by atoms with Gasteiger partial charge >= 0.3 is 0 Å². The minimum Gasteiger partial charge on any atom is -0.502 e. The van der Waals surface area contributed by atoms with Crippen molar-refractivity contribution in [2.75, 3.05) is 34.0 Å². The number of methoxy groups -OCH3 is 2. The maximum atomic E-state index is 9.81. The van der Waals surface area contributed by atoms with Crippen molar-refractivity contribution in [3.8, 4) is 17.2 Å². The van der Waals surface area contributed by atoms with E-state index in [1.54, 1.807) is 12.1 Å². The smallest absolute Gasteiger partial charge is 0.200 e. The molecule has 5 nitrogen and oxygen atoms in total. The highest BCUT2D eigenvalue weighted by Gasteiger charge is 2.10. The average Bonchev–Trinajstić information content (AvgIpc) is 2.43. The van der Waals surface area contributed by atoms with Gasteiger partial charge in [-0.1, -0.05) is 12.2 Å². The predicted molar refractivity (Wildman–Crippen MR) is 78.6 cm³/mol. The monoisotopic (exact) mass is 281 g/mol. The van der Waals surface area contributed by atoms with Crippen LogP contribution in [0.3, 0.4) is 0 Å². The summed E-state index contributed by atoms with van der Waals surface area (Å²) in [6, 6.07) is 3.55. The van der Waals surface area contributed by atoms with Gasteiger partial charge in [0.15, 0.2) is 11.5 Å². The normalized spacial score (nSPS) is 10.3. The number of hydrogen-bond acceptors (Lipinski definition) is 5. The molecule has 0 heterocycles. The topological polar surface area (TPSA) is 60.0 Å². The SMILES string of the molecule is C=C(C)COCCNCc1cc(OC)c(O)c(OC)c1. The number of phenolic OH excluding ortho intramolecular Hbond substituents is 1. The van der Waals surface area contributed by atoms with E-state index in [1.807, 2.05) is 6.92 Å². The molecule has 0 aromatic heterocycles. The van der Waals surface area contributed by atoms with Gasteiger partial charge in [0.1, 0.15) is 0 Å². The van der Waals surface area contributed by atoms with Crippen LogP contribution in [0.25, 0.3) is 0 Å². The third-order valence-electron chi connectivity index (χ3n) is 2.64. The van der Waals surface area contributed by atoms with Crippen molar-refractivity contribution in [3.63, 3.8) is 0 Å². The Morgan fingerprint density at radius 1 is 1.25 bits per heavy atom. The Hall–Kier alpha value is -1.72. The molecule has 1 aromatic rings. The van der Waals surface area contributed by atoms with E-state index in [0.717, 1.165) is 17.7 Å². The molecule has 0 aliphatic rings. The summed E-state index contributed by atoms with van der Waals surface area (Å²) in [5, 5.41) is 13.1. The number of phenols is 1. The lowest BCUT2D eigenvalue weighted by molar-refractivity contribution is 0.157. The lowest BCUT2D eigenvalue weighted by Gasteiger charge is -2.12. The van der Waals surface area contributed by atoms with E-state index in [9.17, 15) is 5.11 Å². The van der Waals surface area contributed by atoms with E-state index in [4.69, 9.17) is 14.2 Å². The molecule has 0 radical (unpaired) electrons. The van der Waals surface area contributed by atoms with Crippen LogP contribution in [-0.2, 0) is 11.3 Å². The van der Waals surface area contributed by atoms with E-state index < -0.39 is 0 Å². The van der Waals surface area contributed by atoms with Gasteiger partial charge in [0, 0.05) is 13.1 Å². The number of rotatable bonds is 9. The zero-order valence-corrected chi connectivity index (χ0v) is 12.4. The third-order valence-corrected chi connectivity index (χ3v) is 2.64. The molecule has 20 heavy (non-hydrogen) atoms. The molecule has 0 spiro atoms. The second-order valence-electron chi connectivity index (χ2n) is 4.54. The zero-order valence-electron chi connectivity index (χ0n) is 12.4. The number of nitrogens with one attached hydrogen (secondary N) is 1. The van der Waals surface area contributed by atoms with E-state index in [0.29, 0.717) is 31.3 Å². The second kappa shape index (κ2) is 8.45. The molecule has 1 rings (SSSR count). The first kappa shape index (κ1) is 16.3. The fourth-order valence-corrected chi connectivity index (χ4v) is 1.67. The van der Waals surface area contributed by atoms with Crippen molar-refractivity contribution in [1.29, 1.82) is 0 Å². The first-order chi connectivity index (χ1) is 9.58. The van der Waals surface area contributed by atoms with Gasteiger partial charge in [-0.15, -0.1) is 0 Å². The van der Waals surface area contributed by atoms with Gasteiger partial charge in [-0.2, -0.15) is 0 Å². The van der Waals surface area contributed by atoms with Crippen LogP contribution in [-0.4, -0.2) is 39.1 Å². The van der Waals surface area contributed by atoms with Gasteiger partial charge in [0.05, 0.1) is 27.4 Å². The summed E-state index contributed by atoms with van der Waals surface area (Å²) in [7, 11) is 3.02. The van der Waals surface area contributed by atoms with E-state index in [-0.39, 0.29) is 5.75 Å². The molecule has 0 bridgehead atoms. The summed E-state index contributed by atoms with van der Waals surface area (Å²) in [5.74, 6) is 0.822. The highest BCUT2D eigenvalue weighted by atomic mass is 16.5. The Labute approximate surface area is 120 Å². The Morgan fingerprint density at radius 3 is 2.35 bits per heavy atom. The van der Waals surface area contributed by atoms with Crippen LogP contribution in [0.15, 0.2) is 24.3 Å². The summed E-state index contributed by atoms with van der Waals surface area (Å²) in [6.07, 6.45) is 0. The van der Waals surface area contributed by atoms with Crippen LogP contribution in [0.4, 0.5) is 0 Å². The molecular weight excluding hydrogens is 258 g/mol. The van der Waals surface area contributed by atoms with Gasteiger partial charge in [0.2, 0.25) is 5.75 Å². The Bertz CT molecular complexity index is 420. The third kappa shape index (κ3) is 5.11. The minimum absolute atomic E-state index is 0.0172. The Balaban J connectivity index is 2.45. The number of aromatic hydroxyl groups is 1. The molecule has 0 atom stereocenters. The van der Waals surface area contributed by atoms with Crippen molar-refractivity contribution in [2.24, 2.45) is 0 Å². The zero-order chi connectivity index (χ0) is 15.0. The van der Waals surface area contributed by atoms with Crippen LogP contribution in [0.1, 0.15) is 12.5 Å². The van der Waals surface area contributed by atoms with Crippen LogP contribution in [0, 0.1) is 0 Å². The Morgan fingerprint density at radius 2 is 1.85 bits per heavy atom. The molecule has 0 unspecified atom stereocenters. The van der Waals surface area contributed by atoms with E-state index in [1.165, 1.54) is 14.2 Å². The van der Waals surface area contributed by atoms with Crippen molar-refractivity contribution in [3.05, 3.63) is 29.8 Å².